The Morgan fingerprint density at radius 2 is 1.59 bits per heavy atom. The second-order valence-corrected chi connectivity index (χ2v) is 9.40. The molecule has 5 nitrogen and oxygen atoms in total. The quantitative estimate of drug-likeness (QED) is 0.744. The van der Waals surface area contributed by atoms with E-state index in [0.29, 0.717) is 5.02 Å². The largest absolute Gasteiger partial charge is 0.344 e. The maximum absolute atomic E-state index is 12.3. The topological polar surface area (TPSA) is 66.5 Å². The van der Waals surface area contributed by atoms with Gasteiger partial charge in [0.05, 0.1) is 10.4 Å². The number of hydrogen-bond acceptors (Lipinski definition) is 3. The number of halogens is 1. The molecule has 0 unspecified atom stereocenters. The Bertz CT molecular complexity index is 932. The highest BCUT2D eigenvalue weighted by molar-refractivity contribution is 7.89. The first-order valence-electron chi connectivity index (χ1n) is 8.31. The van der Waals surface area contributed by atoms with Crippen molar-refractivity contribution in [2.24, 2.45) is 0 Å². The van der Waals surface area contributed by atoms with E-state index in [1.54, 1.807) is 30.3 Å². The third-order valence-corrected chi connectivity index (χ3v) is 6.17. The Balaban J connectivity index is 2.07. The lowest BCUT2D eigenvalue weighted by molar-refractivity contribution is -0.118. The number of carbonyl (C=O) groups excluding carboxylic acids is 1. The fraction of sp³-hybridized carbons (Fsp3) is 0.250. The molecular weight excluding hydrogens is 384 g/mol. The third-order valence-electron chi connectivity index (χ3n) is 4.09. The second kappa shape index (κ2) is 8.25. The van der Waals surface area contributed by atoms with Crippen LogP contribution < -0.4 is 5.32 Å². The zero-order chi connectivity index (χ0) is 20.2. The Kier molecular flexibility index (Phi) is 6.46. The van der Waals surface area contributed by atoms with E-state index in [4.69, 9.17) is 11.6 Å². The SMILES string of the molecule is CN(C)S(=O)(=O)c1ccc(/C=C/C(=O)NC(C)(C)c2ccc(Cl)cc2)cc1. The molecule has 0 aliphatic carbocycles. The van der Waals surface area contributed by atoms with Crippen LogP contribution in [0.4, 0.5) is 0 Å². The van der Waals surface area contributed by atoms with E-state index in [-0.39, 0.29) is 10.8 Å². The summed E-state index contributed by atoms with van der Waals surface area (Å²) in [7, 11) is -0.498. The van der Waals surface area contributed by atoms with Crippen LogP contribution in [0.1, 0.15) is 25.0 Å². The minimum absolute atomic E-state index is 0.206. The van der Waals surface area contributed by atoms with Crippen molar-refractivity contribution in [2.75, 3.05) is 14.1 Å². The average Bonchev–Trinajstić information content (AvgIpc) is 2.60. The molecule has 2 rings (SSSR count). The van der Waals surface area contributed by atoms with Gasteiger partial charge in [0.1, 0.15) is 0 Å². The van der Waals surface area contributed by atoms with Crippen molar-refractivity contribution in [3.05, 3.63) is 70.8 Å². The molecule has 1 N–H and O–H groups in total. The second-order valence-electron chi connectivity index (χ2n) is 6.81. The fourth-order valence-corrected chi connectivity index (χ4v) is 3.45. The molecule has 144 valence electrons. The summed E-state index contributed by atoms with van der Waals surface area (Å²) < 4.78 is 25.3. The van der Waals surface area contributed by atoms with E-state index >= 15 is 0 Å². The summed E-state index contributed by atoms with van der Waals surface area (Å²) in [6, 6.07) is 13.7. The third kappa shape index (κ3) is 5.42. The number of benzene rings is 2. The van der Waals surface area contributed by atoms with Crippen molar-refractivity contribution in [3.8, 4) is 0 Å². The number of hydrogen-bond donors (Lipinski definition) is 1. The lowest BCUT2D eigenvalue weighted by Crippen LogP contribution is -2.40. The van der Waals surface area contributed by atoms with Crippen molar-refractivity contribution in [3.63, 3.8) is 0 Å². The number of nitrogens with one attached hydrogen (secondary N) is 1. The van der Waals surface area contributed by atoms with E-state index in [0.717, 1.165) is 15.4 Å². The molecule has 2 aromatic carbocycles. The van der Waals surface area contributed by atoms with Crippen LogP contribution in [0.25, 0.3) is 6.08 Å². The maximum atomic E-state index is 12.3. The molecule has 0 bridgehead atoms. The van der Waals surface area contributed by atoms with E-state index in [1.165, 1.54) is 32.3 Å². The van der Waals surface area contributed by atoms with Gasteiger partial charge in [0.15, 0.2) is 0 Å². The van der Waals surface area contributed by atoms with E-state index in [2.05, 4.69) is 5.32 Å². The molecule has 2 aromatic rings. The summed E-state index contributed by atoms with van der Waals surface area (Å²) in [4.78, 5) is 12.5. The van der Waals surface area contributed by atoms with Crippen molar-refractivity contribution >= 4 is 33.6 Å². The molecule has 1 amide bonds. The first kappa shape index (κ1) is 21.2. The molecule has 0 saturated heterocycles. The lowest BCUT2D eigenvalue weighted by Gasteiger charge is -2.26. The zero-order valence-electron chi connectivity index (χ0n) is 15.7. The van der Waals surface area contributed by atoms with Gasteiger partial charge in [-0.3, -0.25) is 4.79 Å². The van der Waals surface area contributed by atoms with Gasteiger partial charge in [-0.25, -0.2) is 12.7 Å². The van der Waals surface area contributed by atoms with Gasteiger partial charge >= 0.3 is 0 Å². The van der Waals surface area contributed by atoms with Crippen molar-refractivity contribution in [2.45, 2.75) is 24.3 Å². The monoisotopic (exact) mass is 406 g/mol. The van der Waals surface area contributed by atoms with Gasteiger partial charge < -0.3 is 5.32 Å². The van der Waals surface area contributed by atoms with Gasteiger partial charge in [-0.1, -0.05) is 35.9 Å². The first-order valence-corrected chi connectivity index (χ1v) is 10.1. The van der Waals surface area contributed by atoms with Crippen LogP contribution in [-0.4, -0.2) is 32.7 Å². The predicted molar refractivity (Wildman–Crippen MR) is 109 cm³/mol. The molecule has 0 radical (unpaired) electrons. The summed E-state index contributed by atoms with van der Waals surface area (Å²) in [5.74, 6) is -0.250. The van der Waals surface area contributed by atoms with Gasteiger partial charge in [-0.15, -0.1) is 0 Å². The van der Waals surface area contributed by atoms with Crippen LogP contribution in [0.5, 0.6) is 0 Å². The van der Waals surface area contributed by atoms with Gasteiger partial charge in [0, 0.05) is 25.2 Å². The standard InChI is InChI=1S/C20H23ClN2O3S/c1-20(2,16-8-10-17(21)11-9-16)22-19(24)14-7-15-5-12-18(13-6-15)27(25,26)23(3)4/h5-14H,1-4H3,(H,22,24)/b14-7+. The zero-order valence-corrected chi connectivity index (χ0v) is 17.3. The molecule has 0 saturated carbocycles. The van der Waals surface area contributed by atoms with E-state index in [1.807, 2.05) is 26.0 Å². The molecule has 0 aliphatic heterocycles. The smallest absolute Gasteiger partial charge is 0.244 e. The molecule has 0 fully saturated rings. The van der Waals surface area contributed by atoms with Gasteiger partial charge in [0.2, 0.25) is 15.9 Å². The summed E-state index contributed by atoms with van der Waals surface area (Å²) in [5.41, 5.74) is 1.11. The summed E-state index contributed by atoms with van der Waals surface area (Å²) in [5, 5.41) is 3.58. The lowest BCUT2D eigenvalue weighted by atomic mass is 9.94. The fourth-order valence-electron chi connectivity index (χ4n) is 2.42. The summed E-state index contributed by atoms with van der Waals surface area (Å²) in [6.45, 7) is 3.81. The van der Waals surface area contributed by atoms with Crippen molar-refractivity contribution in [1.29, 1.82) is 0 Å². The Hall–Kier alpha value is -2.15. The highest BCUT2D eigenvalue weighted by Crippen LogP contribution is 2.22. The Morgan fingerprint density at radius 1 is 1.04 bits per heavy atom. The Morgan fingerprint density at radius 3 is 2.11 bits per heavy atom. The van der Waals surface area contributed by atoms with Gasteiger partial charge in [-0.2, -0.15) is 0 Å². The molecular formula is C20H23ClN2O3S. The number of rotatable bonds is 6. The normalized spacial score (nSPS) is 12.5. The Labute approximate surface area is 165 Å². The molecule has 0 aromatic heterocycles. The highest BCUT2D eigenvalue weighted by Gasteiger charge is 2.21. The number of sulfonamides is 1. The van der Waals surface area contributed by atoms with Gasteiger partial charge in [0.25, 0.3) is 0 Å². The average molecular weight is 407 g/mol. The molecule has 0 atom stereocenters. The number of nitrogens with zero attached hydrogens (tertiary/aromatic N) is 1. The highest BCUT2D eigenvalue weighted by atomic mass is 35.5. The van der Waals surface area contributed by atoms with Gasteiger partial charge in [-0.05, 0) is 55.3 Å². The van der Waals surface area contributed by atoms with Crippen LogP contribution in [0, 0.1) is 0 Å². The minimum atomic E-state index is -3.46. The number of amides is 1. The van der Waals surface area contributed by atoms with Crippen molar-refractivity contribution in [1.82, 2.24) is 9.62 Å². The minimum Gasteiger partial charge on any atom is -0.344 e. The van der Waals surface area contributed by atoms with Crippen LogP contribution in [0.3, 0.4) is 0 Å². The predicted octanol–water partition coefficient (Wildman–Crippen LogP) is 3.66. The molecule has 0 spiro atoms. The van der Waals surface area contributed by atoms with E-state index < -0.39 is 15.6 Å². The molecule has 7 heteroatoms. The molecule has 27 heavy (non-hydrogen) atoms. The van der Waals surface area contributed by atoms with Crippen molar-refractivity contribution < 1.29 is 13.2 Å². The van der Waals surface area contributed by atoms with Crippen LogP contribution in [0.2, 0.25) is 5.02 Å². The molecule has 0 heterocycles. The van der Waals surface area contributed by atoms with E-state index in [9.17, 15) is 13.2 Å². The summed E-state index contributed by atoms with van der Waals surface area (Å²) >= 11 is 5.90. The summed E-state index contributed by atoms with van der Waals surface area (Å²) in [6.07, 6.45) is 3.06. The van der Waals surface area contributed by atoms with Crippen LogP contribution in [-0.2, 0) is 20.4 Å². The van der Waals surface area contributed by atoms with Crippen LogP contribution in [0.15, 0.2) is 59.5 Å². The number of carbonyl (C=O) groups is 1. The van der Waals surface area contributed by atoms with Crippen LogP contribution >= 0.6 is 11.6 Å². The maximum Gasteiger partial charge on any atom is 0.244 e. The first-order chi connectivity index (χ1) is 12.5. The molecule has 0 aliphatic rings.